The Hall–Kier alpha value is -2.70. The first-order valence-corrected chi connectivity index (χ1v) is 7.54. The van der Waals surface area contributed by atoms with E-state index in [1.54, 1.807) is 24.5 Å². The quantitative estimate of drug-likeness (QED) is 0.885. The van der Waals surface area contributed by atoms with Crippen molar-refractivity contribution in [1.82, 2.24) is 20.1 Å². The summed E-state index contributed by atoms with van der Waals surface area (Å²) in [5.74, 6) is -0.473. The molecule has 1 fully saturated rings. The number of carbonyl (C=O) groups excluding carboxylic acids is 2. The number of H-pyrrole nitrogens is 1. The maximum atomic E-state index is 12.5. The summed E-state index contributed by atoms with van der Waals surface area (Å²) in [7, 11) is 0. The molecule has 1 aliphatic rings. The van der Waals surface area contributed by atoms with Gasteiger partial charge in [-0.1, -0.05) is 6.92 Å². The highest BCUT2D eigenvalue weighted by Crippen LogP contribution is 2.35. The Kier molecular flexibility index (Phi) is 3.85. The lowest BCUT2D eigenvalue weighted by Gasteiger charge is -2.39. The molecule has 0 unspecified atom stereocenters. The van der Waals surface area contributed by atoms with Gasteiger partial charge in [-0.2, -0.15) is 5.10 Å². The van der Waals surface area contributed by atoms with Crippen molar-refractivity contribution in [2.75, 3.05) is 13.1 Å². The lowest BCUT2D eigenvalue weighted by atomic mass is 9.76. The summed E-state index contributed by atoms with van der Waals surface area (Å²) in [5.41, 5.74) is 7.00. The van der Waals surface area contributed by atoms with Gasteiger partial charge in [-0.15, -0.1) is 0 Å². The van der Waals surface area contributed by atoms with Gasteiger partial charge in [0.1, 0.15) is 0 Å². The smallest absolute Gasteiger partial charge is 0.253 e. The Labute approximate surface area is 133 Å². The van der Waals surface area contributed by atoms with Crippen LogP contribution in [-0.2, 0) is 5.41 Å². The molecule has 7 heteroatoms. The normalized spacial score (nSPS) is 17.0. The summed E-state index contributed by atoms with van der Waals surface area (Å²) in [6.07, 6.45) is 6.19. The van der Waals surface area contributed by atoms with E-state index in [0.29, 0.717) is 24.2 Å². The Morgan fingerprint density at radius 1 is 1.26 bits per heavy atom. The van der Waals surface area contributed by atoms with E-state index in [2.05, 4.69) is 22.1 Å². The largest absolute Gasteiger partial charge is 0.365 e. The van der Waals surface area contributed by atoms with Crippen molar-refractivity contribution in [2.45, 2.75) is 25.2 Å². The zero-order valence-electron chi connectivity index (χ0n) is 13.0. The average molecular weight is 313 g/mol. The number of nitrogens with zero attached hydrogens (tertiary/aromatic N) is 3. The summed E-state index contributed by atoms with van der Waals surface area (Å²) < 4.78 is 0. The molecular weight excluding hydrogens is 294 g/mol. The number of hydrogen-bond acceptors (Lipinski definition) is 4. The van der Waals surface area contributed by atoms with Crippen LogP contribution >= 0.6 is 0 Å². The Balaban J connectivity index is 1.74. The molecule has 0 bridgehead atoms. The van der Waals surface area contributed by atoms with Crippen molar-refractivity contribution < 1.29 is 9.59 Å². The number of nitrogens with one attached hydrogen (secondary N) is 1. The van der Waals surface area contributed by atoms with Crippen LogP contribution in [0.5, 0.6) is 0 Å². The minimum absolute atomic E-state index is 0.00851. The molecule has 2 aromatic rings. The van der Waals surface area contributed by atoms with Gasteiger partial charge in [0.05, 0.1) is 17.5 Å². The van der Waals surface area contributed by atoms with E-state index in [0.717, 1.165) is 18.5 Å². The van der Waals surface area contributed by atoms with Crippen molar-refractivity contribution in [1.29, 1.82) is 0 Å². The van der Waals surface area contributed by atoms with Gasteiger partial charge in [0.2, 0.25) is 0 Å². The Bertz CT molecular complexity index is 717. The summed E-state index contributed by atoms with van der Waals surface area (Å²) >= 11 is 0. The molecule has 120 valence electrons. The van der Waals surface area contributed by atoms with Crippen molar-refractivity contribution in [3.05, 3.63) is 47.5 Å². The molecule has 0 aromatic carbocycles. The molecular formula is C16H19N5O2. The lowest BCUT2D eigenvalue weighted by Crippen LogP contribution is -2.44. The van der Waals surface area contributed by atoms with Crippen LogP contribution in [-0.4, -0.2) is 45.0 Å². The van der Waals surface area contributed by atoms with Crippen LogP contribution in [0.15, 0.2) is 30.7 Å². The van der Waals surface area contributed by atoms with E-state index < -0.39 is 5.91 Å². The fraction of sp³-hybridized carbons (Fsp3) is 0.375. The van der Waals surface area contributed by atoms with Crippen LogP contribution in [0, 0.1) is 0 Å². The van der Waals surface area contributed by atoms with Gasteiger partial charge >= 0.3 is 0 Å². The van der Waals surface area contributed by atoms with Gasteiger partial charge in [-0.25, -0.2) is 0 Å². The second-order valence-electron chi connectivity index (χ2n) is 6.11. The van der Waals surface area contributed by atoms with Crippen molar-refractivity contribution in [3.8, 4) is 0 Å². The summed E-state index contributed by atoms with van der Waals surface area (Å²) in [4.78, 5) is 29.8. The van der Waals surface area contributed by atoms with E-state index in [9.17, 15) is 9.59 Å². The van der Waals surface area contributed by atoms with E-state index in [1.165, 1.54) is 6.20 Å². The number of amides is 2. The van der Waals surface area contributed by atoms with E-state index in [4.69, 9.17) is 5.73 Å². The number of hydrogen-bond donors (Lipinski definition) is 2. The van der Waals surface area contributed by atoms with Gasteiger partial charge in [-0.05, 0) is 25.0 Å². The van der Waals surface area contributed by atoms with E-state index in [1.807, 2.05) is 4.90 Å². The molecule has 0 spiro atoms. The maximum Gasteiger partial charge on any atom is 0.253 e. The third kappa shape index (κ3) is 2.81. The van der Waals surface area contributed by atoms with Crippen LogP contribution in [0.1, 0.15) is 46.2 Å². The zero-order valence-corrected chi connectivity index (χ0v) is 13.0. The number of primary amides is 1. The maximum absolute atomic E-state index is 12.5. The minimum atomic E-state index is -0.481. The number of pyridine rings is 1. The number of carbonyl (C=O) groups is 2. The molecule has 0 radical (unpaired) electrons. The molecule has 0 aliphatic carbocycles. The average Bonchev–Trinajstić information content (AvgIpc) is 3.07. The number of rotatable bonds is 3. The zero-order chi connectivity index (χ0) is 16.4. The first-order valence-electron chi connectivity index (χ1n) is 7.54. The summed E-state index contributed by atoms with van der Waals surface area (Å²) in [6, 6.07) is 3.44. The van der Waals surface area contributed by atoms with Crippen LogP contribution in [0.25, 0.3) is 0 Å². The molecule has 1 aliphatic heterocycles. The molecule has 3 heterocycles. The first kappa shape index (κ1) is 15.2. The molecule has 3 rings (SSSR count). The van der Waals surface area contributed by atoms with Crippen LogP contribution < -0.4 is 5.73 Å². The Morgan fingerprint density at radius 3 is 2.52 bits per heavy atom. The molecule has 23 heavy (non-hydrogen) atoms. The number of aromatic amines is 1. The second-order valence-corrected chi connectivity index (χ2v) is 6.11. The Morgan fingerprint density at radius 2 is 1.91 bits per heavy atom. The predicted molar refractivity (Wildman–Crippen MR) is 83.8 cm³/mol. The van der Waals surface area contributed by atoms with Gasteiger partial charge in [0.25, 0.3) is 11.8 Å². The van der Waals surface area contributed by atoms with E-state index >= 15 is 0 Å². The topological polar surface area (TPSA) is 105 Å². The molecule has 0 saturated carbocycles. The standard InChI is InChI=1S/C16H19N5O2/c1-16(13-12(14(17)22)10-19-20-13)4-8-21(9-5-16)15(23)11-2-6-18-7-3-11/h2-3,6-7,10H,4-5,8-9H2,1H3,(H2,17,22)(H,19,20). The summed E-state index contributed by atoms with van der Waals surface area (Å²) in [6.45, 7) is 3.31. The fourth-order valence-corrected chi connectivity index (χ4v) is 3.06. The van der Waals surface area contributed by atoms with E-state index in [-0.39, 0.29) is 11.3 Å². The predicted octanol–water partition coefficient (Wildman–Crippen LogP) is 1.10. The molecule has 7 nitrogen and oxygen atoms in total. The van der Waals surface area contributed by atoms with Gasteiger partial charge in [-0.3, -0.25) is 19.7 Å². The highest BCUT2D eigenvalue weighted by Gasteiger charge is 2.37. The number of piperidine rings is 1. The molecule has 3 N–H and O–H groups in total. The van der Waals surface area contributed by atoms with Crippen molar-refractivity contribution in [2.24, 2.45) is 5.73 Å². The minimum Gasteiger partial charge on any atom is -0.365 e. The molecule has 2 amide bonds. The van der Waals surface area contributed by atoms with Crippen LogP contribution in [0.3, 0.4) is 0 Å². The van der Waals surface area contributed by atoms with Crippen molar-refractivity contribution in [3.63, 3.8) is 0 Å². The highest BCUT2D eigenvalue weighted by atomic mass is 16.2. The van der Waals surface area contributed by atoms with Crippen molar-refractivity contribution >= 4 is 11.8 Å². The molecule has 2 aromatic heterocycles. The summed E-state index contributed by atoms with van der Waals surface area (Å²) in [5, 5.41) is 6.86. The highest BCUT2D eigenvalue weighted by molar-refractivity contribution is 5.95. The third-order valence-electron chi connectivity index (χ3n) is 4.59. The third-order valence-corrected chi connectivity index (χ3v) is 4.59. The number of nitrogens with two attached hydrogens (primary N) is 1. The molecule has 0 atom stereocenters. The monoisotopic (exact) mass is 313 g/mol. The van der Waals surface area contributed by atoms with Crippen LogP contribution in [0.4, 0.5) is 0 Å². The van der Waals surface area contributed by atoms with Gasteiger partial charge in [0, 0.05) is 36.5 Å². The molecule has 1 saturated heterocycles. The fourth-order valence-electron chi connectivity index (χ4n) is 3.06. The lowest BCUT2D eigenvalue weighted by molar-refractivity contribution is 0.0671. The van der Waals surface area contributed by atoms with Crippen LogP contribution in [0.2, 0.25) is 0 Å². The number of likely N-dealkylation sites (tertiary alicyclic amines) is 1. The van der Waals surface area contributed by atoms with Gasteiger partial charge < -0.3 is 10.6 Å². The SMILES string of the molecule is CC1(c2[nH]ncc2C(N)=O)CCN(C(=O)c2ccncc2)CC1. The van der Waals surface area contributed by atoms with Gasteiger partial charge in [0.15, 0.2) is 0 Å². The first-order chi connectivity index (χ1) is 11.0. The number of aromatic nitrogens is 3. The second kappa shape index (κ2) is 5.83.